The predicted molar refractivity (Wildman–Crippen MR) is 101 cm³/mol. The van der Waals surface area contributed by atoms with Crippen molar-refractivity contribution in [3.8, 4) is 0 Å². The van der Waals surface area contributed by atoms with Crippen LogP contribution in [0.2, 0.25) is 0 Å². The molecular formula is C19H16F2N2O3S. The van der Waals surface area contributed by atoms with Gasteiger partial charge in [0.05, 0.1) is 11.9 Å². The number of anilines is 2. The summed E-state index contributed by atoms with van der Waals surface area (Å²) in [6.07, 6.45) is 1.000. The van der Waals surface area contributed by atoms with Gasteiger partial charge in [-0.2, -0.15) is 0 Å². The third-order valence-corrected chi connectivity index (χ3v) is 5.05. The molecule has 3 rings (SSSR count). The van der Waals surface area contributed by atoms with E-state index >= 15 is 0 Å². The second-order valence-electron chi connectivity index (χ2n) is 5.94. The first-order chi connectivity index (χ1) is 12.8. The molecule has 0 aliphatic carbocycles. The van der Waals surface area contributed by atoms with Gasteiger partial charge in [-0.1, -0.05) is 36.4 Å². The highest BCUT2D eigenvalue weighted by molar-refractivity contribution is 7.92. The van der Waals surface area contributed by atoms with Crippen LogP contribution in [-0.2, 0) is 14.8 Å². The number of carbonyl (C=O) groups excluding carboxylic acids is 1. The minimum atomic E-state index is -3.77. The highest BCUT2D eigenvalue weighted by atomic mass is 32.2. The standard InChI is InChI=1S/C19H16F2N2O3S/c1-27(25,26)23(18-8-4-6-13-5-2-3-7-15(13)18)12-19(24)22-14-9-10-16(20)17(21)11-14/h2-11H,12H2,1H3,(H,22,24). The summed E-state index contributed by atoms with van der Waals surface area (Å²) in [7, 11) is -3.77. The molecule has 0 bridgehead atoms. The van der Waals surface area contributed by atoms with Crippen LogP contribution in [0.5, 0.6) is 0 Å². The largest absolute Gasteiger partial charge is 0.324 e. The van der Waals surface area contributed by atoms with Crippen LogP contribution in [0.25, 0.3) is 10.8 Å². The van der Waals surface area contributed by atoms with Gasteiger partial charge >= 0.3 is 0 Å². The Kier molecular flexibility index (Phi) is 5.09. The Hall–Kier alpha value is -3.00. The monoisotopic (exact) mass is 390 g/mol. The summed E-state index contributed by atoms with van der Waals surface area (Å²) in [6.45, 7) is -0.508. The van der Waals surface area contributed by atoms with Crippen LogP contribution in [-0.4, -0.2) is 27.1 Å². The van der Waals surface area contributed by atoms with Crippen molar-refractivity contribution in [1.29, 1.82) is 0 Å². The first kappa shape index (κ1) is 18.8. The van der Waals surface area contributed by atoms with E-state index in [0.717, 1.165) is 28.1 Å². The summed E-state index contributed by atoms with van der Waals surface area (Å²) < 4.78 is 51.9. The maximum atomic E-state index is 13.3. The van der Waals surface area contributed by atoms with E-state index in [1.807, 2.05) is 18.2 Å². The minimum absolute atomic E-state index is 0.0327. The third kappa shape index (κ3) is 4.22. The molecule has 0 aliphatic rings. The van der Waals surface area contributed by atoms with Crippen molar-refractivity contribution < 1.29 is 22.0 Å². The van der Waals surface area contributed by atoms with Crippen molar-refractivity contribution in [2.75, 3.05) is 22.4 Å². The SMILES string of the molecule is CS(=O)(=O)N(CC(=O)Nc1ccc(F)c(F)c1)c1cccc2ccccc12. The van der Waals surface area contributed by atoms with Gasteiger partial charge in [-0.15, -0.1) is 0 Å². The second-order valence-corrected chi connectivity index (χ2v) is 7.85. The lowest BCUT2D eigenvalue weighted by atomic mass is 10.1. The van der Waals surface area contributed by atoms with E-state index in [-0.39, 0.29) is 5.69 Å². The average molecular weight is 390 g/mol. The van der Waals surface area contributed by atoms with E-state index in [2.05, 4.69) is 5.32 Å². The molecule has 0 heterocycles. The zero-order valence-electron chi connectivity index (χ0n) is 14.3. The molecule has 8 heteroatoms. The molecule has 0 fully saturated rings. The van der Waals surface area contributed by atoms with E-state index in [1.165, 1.54) is 6.07 Å². The summed E-state index contributed by atoms with van der Waals surface area (Å²) in [6, 6.07) is 15.2. The van der Waals surface area contributed by atoms with Gasteiger partial charge < -0.3 is 5.32 Å². The molecule has 0 aliphatic heterocycles. The Labute approximate surface area is 155 Å². The van der Waals surface area contributed by atoms with Crippen LogP contribution in [0.4, 0.5) is 20.2 Å². The molecule has 0 saturated heterocycles. The van der Waals surface area contributed by atoms with Crippen molar-refractivity contribution in [2.24, 2.45) is 0 Å². The molecule has 27 heavy (non-hydrogen) atoms. The molecular weight excluding hydrogens is 374 g/mol. The average Bonchev–Trinajstić information content (AvgIpc) is 2.61. The molecule has 1 N–H and O–H groups in total. The maximum absolute atomic E-state index is 13.3. The summed E-state index contributed by atoms with van der Waals surface area (Å²) in [5, 5.41) is 3.87. The van der Waals surface area contributed by atoms with Gasteiger partial charge in [-0.05, 0) is 23.6 Å². The number of sulfonamides is 1. The van der Waals surface area contributed by atoms with Crippen molar-refractivity contribution >= 4 is 38.1 Å². The highest BCUT2D eigenvalue weighted by Crippen LogP contribution is 2.28. The first-order valence-corrected chi connectivity index (χ1v) is 9.81. The first-order valence-electron chi connectivity index (χ1n) is 7.96. The number of hydrogen-bond donors (Lipinski definition) is 1. The van der Waals surface area contributed by atoms with Crippen LogP contribution in [0.3, 0.4) is 0 Å². The molecule has 0 radical (unpaired) electrons. The minimum Gasteiger partial charge on any atom is -0.324 e. The molecule has 3 aromatic carbocycles. The predicted octanol–water partition coefficient (Wildman–Crippen LogP) is 3.52. The molecule has 0 unspecified atom stereocenters. The zero-order chi connectivity index (χ0) is 19.6. The van der Waals surface area contributed by atoms with Gasteiger partial charge in [0.15, 0.2) is 11.6 Å². The van der Waals surface area contributed by atoms with Crippen LogP contribution in [0, 0.1) is 11.6 Å². The van der Waals surface area contributed by atoms with Crippen molar-refractivity contribution in [3.05, 3.63) is 72.3 Å². The Morgan fingerprint density at radius 2 is 1.70 bits per heavy atom. The number of rotatable bonds is 5. The van der Waals surface area contributed by atoms with Gasteiger partial charge in [0.25, 0.3) is 0 Å². The molecule has 0 atom stereocenters. The number of benzene rings is 3. The van der Waals surface area contributed by atoms with Crippen molar-refractivity contribution in [1.82, 2.24) is 0 Å². The molecule has 3 aromatic rings. The van der Waals surface area contributed by atoms with Gasteiger partial charge in [0, 0.05) is 17.1 Å². The molecule has 1 amide bonds. The Morgan fingerprint density at radius 3 is 2.41 bits per heavy atom. The number of fused-ring (bicyclic) bond motifs is 1. The quantitative estimate of drug-likeness (QED) is 0.725. The Morgan fingerprint density at radius 1 is 1.00 bits per heavy atom. The van der Waals surface area contributed by atoms with Gasteiger partial charge in [0.2, 0.25) is 15.9 Å². The molecule has 140 valence electrons. The van der Waals surface area contributed by atoms with E-state index in [4.69, 9.17) is 0 Å². The third-order valence-electron chi connectivity index (χ3n) is 3.93. The summed E-state index contributed by atoms with van der Waals surface area (Å²) in [5.41, 5.74) is 0.390. The zero-order valence-corrected chi connectivity index (χ0v) is 15.1. The van der Waals surface area contributed by atoms with Crippen LogP contribution >= 0.6 is 0 Å². The fraction of sp³-hybridized carbons (Fsp3) is 0.105. The van der Waals surface area contributed by atoms with Crippen LogP contribution in [0.15, 0.2) is 60.7 Å². The normalized spacial score (nSPS) is 11.4. The summed E-state index contributed by atoms with van der Waals surface area (Å²) >= 11 is 0. The highest BCUT2D eigenvalue weighted by Gasteiger charge is 2.22. The summed E-state index contributed by atoms with van der Waals surface area (Å²) in [5.74, 6) is -2.83. The number of nitrogens with zero attached hydrogens (tertiary/aromatic N) is 1. The number of hydrogen-bond acceptors (Lipinski definition) is 3. The van der Waals surface area contributed by atoms with E-state index < -0.39 is 34.1 Å². The number of halogens is 2. The fourth-order valence-electron chi connectivity index (χ4n) is 2.71. The molecule has 0 aromatic heterocycles. The number of carbonyl (C=O) groups is 1. The van der Waals surface area contributed by atoms with E-state index in [9.17, 15) is 22.0 Å². The summed E-state index contributed by atoms with van der Waals surface area (Å²) in [4.78, 5) is 12.3. The van der Waals surface area contributed by atoms with Crippen LogP contribution in [0.1, 0.15) is 0 Å². The molecule has 5 nitrogen and oxygen atoms in total. The Bertz CT molecular complexity index is 1110. The topological polar surface area (TPSA) is 66.5 Å². The van der Waals surface area contributed by atoms with Gasteiger partial charge in [-0.3, -0.25) is 9.10 Å². The molecule has 0 saturated carbocycles. The lowest BCUT2D eigenvalue weighted by Gasteiger charge is -2.23. The van der Waals surface area contributed by atoms with Crippen molar-refractivity contribution in [3.63, 3.8) is 0 Å². The maximum Gasteiger partial charge on any atom is 0.245 e. The lowest BCUT2D eigenvalue weighted by molar-refractivity contribution is -0.114. The number of amides is 1. The van der Waals surface area contributed by atoms with Gasteiger partial charge in [-0.25, -0.2) is 17.2 Å². The fourth-order valence-corrected chi connectivity index (χ4v) is 3.58. The van der Waals surface area contributed by atoms with E-state index in [1.54, 1.807) is 24.3 Å². The second kappa shape index (κ2) is 7.32. The number of nitrogens with one attached hydrogen (secondary N) is 1. The molecule has 0 spiro atoms. The lowest BCUT2D eigenvalue weighted by Crippen LogP contribution is -2.37. The van der Waals surface area contributed by atoms with Crippen molar-refractivity contribution in [2.45, 2.75) is 0 Å². The van der Waals surface area contributed by atoms with E-state index in [0.29, 0.717) is 11.1 Å². The van der Waals surface area contributed by atoms with Crippen LogP contribution < -0.4 is 9.62 Å². The smallest absolute Gasteiger partial charge is 0.245 e. The Balaban J connectivity index is 1.92. The van der Waals surface area contributed by atoms with Gasteiger partial charge in [0.1, 0.15) is 6.54 Å².